The third-order valence-corrected chi connectivity index (χ3v) is 6.55. The van der Waals surface area contributed by atoms with E-state index in [1.807, 2.05) is 6.07 Å². The van der Waals surface area contributed by atoms with Crippen LogP contribution in [0.25, 0.3) is 11.1 Å². The first-order valence-corrected chi connectivity index (χ1v) is 10.2. The number of amides is 1. The Morgan fingerprint density at radius 3 is 2.26 bits per heavy atom. The van der Waals surface area contributed by atoms with Crippen LogP contribution in [-0.2, 0) is 14.8 Å². The van der Waals surface area contributed by atoms with Crippen LogP contribution < -0.4 is 10.1 Å². The average molecular weight is 389 g/mol. The number of carbonyl (C=O) groups is 1. The summed E-state index contributed by atoms with van der Waals surface area (Å²) in [5, 5.41) is 2.85. The second-order valence-corrected chi connectivity index (χ2v) is 8.43. The van der Waals surface area contributed by atoms with Gasteiger partial charge in [0.2, 0.25) is 21.8 Å². The van der Waals surface area contributed by atoms with E-state index in [-0.39, 0.29) is 16.8 Å². The number of hydrogen-bond acceptors (Lipinski definition) is 5. The van der Waals surface area contributed by atoms with E-state index in [0.717, 1.165) is 11.1 Å². The number of nitrogens with one attached hydrogen (secondary N) is 1. The van der Waals surface area contributed by atoms with Gasteiger partial charge in [0.25, 0.3) is 0 Å². The number of aromatic nitrogens is 1. The van der Waals surface area contributed by atoms with Crippen LogP contribution in [0.15, 0.2) is 47.5 Å². The van der Waals surface area contributed by atoms with Crippen molar-refractivity contribution in [3.05, 3.63) is 42.6 Å². The van der Waals surface area contributed by atoms with Crippen molar-refractivity contribution < 1.29 is 17.9 Å². The lowest BCUT2D eigenvalue weighted by Crippen LogP contribution is -2.45. The topological polar surface area (TPSA) is 88.6 Å². The molecule has 1 saturated heterocycles. The van der Waals surface area contributed by atoms with Gasteiger partial charge in [-0.05, 0) is 36.6 Å². The molecule has 2 aromatic rings. The van der Waals surface area contributed by atoms with E-state index in [1.165, 1.54) is 11.2 Å². The van der Waals surface area contributed by atoms with Gasteiger partial charge in [-0.1, -0.05) is 12.1 Å². The predicted octanol–water partition coefficient (Wildman–Crippen LogP) is 2.05. The summed E-state index contributed by atoms with van der Waals surface area (Å²) in [6.45, 7) is 2.28. The van der Waals surface area contributed by atoms with Crippen LogP contribution in [0.1, 0.15) is 19.8 Å². The highest BCUT2D eigenvalue weighted by molar-refractivity contribution is 7.89. The molecule has 27 heavy (non-hydrogen) atoms. The molecule has 2 heterocycles. The van der Waals surface area contributed by atoms with Crippen LogP contribution >= 0.6 is 0 Å². The summed E-state index contributed by atoms with van der Waals surface area (Å²) in [4.78, 5) is 15.6. The molecule has 1 fully saturated rings. The third-order valence-electron chi connectivity index (χ3n) is 4.63. The van der Waals surface area contributed by atoms with E-state index in [9.17, 15) is 13.2 Å². The smallest absolute Gasteiger partial charge is 0.243 e. The van der Waals surface area contributed by atoms with Crippen molar-refractivity contribution >= 4 is 15.9 Å². The average Bonchev–Trinajstić information content (AvgIpc) is 2.68. The maximum absolute atomic E-state index is 12.9. The molecule has 0 unspecified atom stereocenters. The van der Waals surface area contributed by atoms with Crippen LogP contribution in [0.2, 0.25) is 0 Å². The van der Waals surface area contributed by atoms with E-state index in [2.05, 4.69) is 10.3 Å². The van der Waals surface area contributed by atoms with Gasteiger partial charge in [-0.25, -0.2) is 13.4 Å². The van der Waals surface area contributed by atoms with Crippen molar-refractivity contribution in [1.82, 2.24) is 14.6 Å². The number of ether oxygens (including phenoxy) is 1. The van der Waals surface area contributed by atoms with Gasteiger partial charge in [0, 0.05) is 43.9 Å². The molecule has 1 N–H and O–H groups in total. The number of piperidine rings is 1. The fourth-order valence-corrected chi connectivity index (χ4v) is 4.64. The molecule has 0 atom stereocenters. The Hall–Kier alpha value is -2.45. The first-order chi connectivity index (χ1) is 12.9. The Labute approximate surface area is 159 Å². The second kappa shape index (κ2) is 8.06. The van der Waals surface area contributed by atoms with Gasteiger partial charge in [0.1, 0.15) is 0 Å². The highest BCUT2D eigenvalue weighted by atomic mass is 32.2. The molecule has 3 rings (SSSR count). The fourth-order valence-electron chi connectivity index (χ4n) is 3.17. The van der Waals surface area contributed by atoms with E-state index in [4.69, 9.17) is 4.74 Å². The summed E-state index contributed by atoms with van der Waals surface area (Å²) < 4.78 is 32.2. The summed E-state index contributed by atoms with van der Waals surface area (Å²) in [5.41, 5.74) is 1.77. The number of carbonyl (C=O) groups excluding carboxylic acids is 1. The van der Waals surface area contributed by atoms with Crippen LogP contribution in [0.4, 0.5) is 0 Å². The van der Waals surface area contributed by atoms with Gasteiger partial charge in [-0.3, -0.25) is 4.79 Å². The Bertz CT molecular complexity index is 888. The van der Waals surface area contributed by atoms with Gasteiger partial charge in [0.05, 0.1) is 12.0 Å². The van der Waals surface area contributed by atoms with Gasteiger partial charge in [-0.15, -0.1) is 0 Å². The first kappa shape index (κ1) is 19.3. The summed E-state index contributed by atoms with van der Waals surface area (Å²) in [6.07, 6.45) is 2.93. The van der Waals surface area contributed by atoms with Gasteiger partial charge in [0.15, 0.2) is 0 Å². The second-order valence-electron chi connectivity index (χ2n) is 6.49. The largest absolute Gasteiger partial charge is 0.481 e. The molecular formula is C19H23N3O4S. The van der Waals surface area contributed by atoms with Crippen LogP contribution in [0, 0.1) is 0 Å². The molecule has 0 spiro atoms. The maximum atomic E-state index is 12.9. The molecule has 144 valence electrons. The molecule has 8 heteroatoms. The third kappa shape index (κ3) is 4.45. The van der Waals surface area contributed by atoms with Gasteiger partial charge >= 0.3 is 0 Å². The summed E-state index contributed by atoms with van der Waals surface area (Å²) in [7, 11) is -1.98. The first-order valence-electron chi connectivity index (χ1n) is 8.78. The number of hydrogen-bond donors (Lipinski definition) is 1. The lowest BCUT2D eigenvalue weighted by atomic mass is 10.1. The minimum Gasteiger partial charge on any atom is -0.481 e. The zero-order valence-corrected chi connectivity index (χ0v) is 16.2. The maximum Gasteiger partial charge on any atom is 0.243 e. The molecule has 7 nitrogen and oxygen atoms in total. The minimum atomic E-state index is -3.54. The summed E-state index contributed by atoms with van der Waals surface area (Å²) in [5.74, 6) is 0.445. The molecular weight excluding hydrogens is 366 g/mol. The quantitative estimate of drug-likeness (QED) is 0.845. The molecule has 0 bridgehead atoms. The van der Waals surface area contributed by atoms with Crippen molar-refractivity contribution in [2.24, 2.45) is 0 Å². The number of pyridine rings is 1. The Morgan fingerprint density at radius 1 is 1.11 bits per heavy atom. The van der Waals surface area contributed by atoms with Crippen molar-refractivity contribution in [1.29, 1.82) is 0 Å². The van der Waals surface area contributed by atoms with E-state index >= 15 is 0 Å². The summed E-state index contributed by atoms with van der Waals surface area (Å²) >= 11 is 0. The number of methoxy groups -OCH3 is 1. The standard InChI is InChI=1S/C19H23N3O4S/c1-14(23)21-17-9-11-22(12-10-17)27(24,25)18-6-3-15(4-7-18)16-5-8-19(26-2)20-13-16/h3-8,13,17H,9-12H2,1-2H3,(H,21,23). The lowest BCUT2D eigenvalue weighted by molar-refractivity contribution is -0.119. The van der Waals surface area contributed by atoms with Crippen LogP contribution in [-0.4, -0.2) is 49.9 Å². The molecule has 0 radical (unpaired) electrons. The van der Waals surface area contributed by atoms with Gasteiger partial charge in [-0.2, -0.15) is 4.31 Å². The van der Waals surface area contributed by atoms with E-state index in [1.54, 1.807) is 43.6 Å². The minimum absolute atomic E-state index is 0.0406. The van der Waals surface area contributed by atoms with Crippen molar-refractivity contribution in [3.8, 4) is 17.0 Å². The van der Waals surface area contributed by atoms with E-state index in [0.29, 0.717) is 31.8 Å². The Balaban J connectivity index is 1.71. The lowest BCUT2D eigenvalue weighted by Gasteiger charge is -2.31. The van der Waals surface area contributed by atoms with Gasteiger partial charge < -0.3 is 10.1 Å². The van der Waals surface area contributed by atoms with Crippen LogP contribution in [0.3, 0.4) is 0 Å². The molecule has 1 aromatic heterocycles. The van der Waals surface area contributed by atoms with E-state index < -0.39 is 10.0 Å². The Morgan fingerprint density at radius 2 is 1.74 bits per heavy atom. The Kier molecular flexibility index (Phi) is 5.76. The van der Waals surface area contributed by atoms with Crippen molar-refractivity contribution in [2.75, 3.05) is 20.2 Å². The molecule has 1 amide bonds. The molecule has 1 aliphatic heterocycles. The van der Waals surface area contributed by atoms with Crippen LogP contribution in [0.5, 0.6) is 5.88 Å². The number of rotatable bonds is 5. The molecule has 1 aromatic carbocycles. The number of sulfonamides is 1. The molecule has 1 aliphatic rings. The monoisotopic (exact) mass is 389 g/mol. The fraction of sp³-hybridized carbons (Fsp3) is 0.368. The zero-order valence-electron chi connectivity index (χ0n) is 15.4. The van der Waals surface area contributed by atoms with Crippen molar-refractivity contribution in [3.63, 3.8) is 0 Å². The SMILES string of the molecule is COc1ccc(-c2ccc(S(=O)(=O)N3CCC(NC(C)=O)CC3)cc2)cn1. The highest BCUT2D eigenvalue weighted by Gasteiger charge is 2.29. The molecule has 0 saturated carbocycles. The normalized spacial score (nSPS) is 16.1. The zero-order chi connectivity index (χ0) is 19.4. The van der Waals surface area contributed by atoms with Crippen molar-refractivity contribution in [2.45, 2.75) is 30.7 Å². The highest BCUT2D eigenvalue weighted by Crippen LogP contribution is 2.25. The predicted molar refractivity (Wildman–Crippen MR) is 102 cm³/mol. The molecule has 0 aliphatic carbocycles. The number of nitrogens with zero attached hydrogens (tertiary/aromatic N) is 2. The number of benzene rings is 1. The summed E-state index contributed by atoms with van der Waals surface area (Å²) in [6, 6.07) is 10.5.